The van der Waals surface area contributed by atoms with Crippen LogP contribution in [-0.2, 0) is 0 Å². The Bertz CT molecular complexity index is 291. The molecule has 1 aromatic carbocycles. The van der Waals surface area contributed by atoms with Gasteiger partial charge in [-0.1, -0.05) is 0 Å². The van der Waals surface area contributed by atoms with Gasteiger partial charge in [-0.3, -0.25) is 0 Å². The van der Waals surface area contributed by atoms with E-state index < -0.39 is 11.6 Å². The molecule has 0 aliphatic heterocycles. The average molecular weight is 187 g/mol. The van der Waals surface area contributed by atoms with Crippen LogP contribution in [0.5, 0.6) is 0 Å². The van der Waals surface area contributed by atoms with Crippen molar-refractivity contribution in [3.63, 3.8) is 0 Å². The third-order valence-electron chi connectivity index (χ3n) is 1.78. The van der Waals surface area contributed by atoms with E-state index in [0.717, 1.165) is 12.1 Å². The quantitative estimate of drug-likeness (QED) is 0.773. The first-order chi connectivity index (χ1) is 6.15. The van der Waals surface area contributed by atoms with E-state index in [2.05, 4.69) is 0 Å². The minimum atomic E-state index is -0.873. The highest BCUT2D eigenvalue weighted by atomic mass is 19.2. The summed E-state index contributed by atoms with van der Waals surface area (Å²) in [4.78, 5) is 1.64. The van der Waals surface area contributed by atoms with Crippen molar-refractivity contribution in [2.45, 2.75) is 0 Å². The maximum absolute atomic E-state index is 12.7. The van der Waals surface area contributed by atoms with Gasteiger partial charge < -0.3 is 10.0 Å². The molecule has 1 aromatic rings. The second-order valence-electron chi connectivity index (χ2n) is 2.74. The minimum Gasteiger partial charge on any atom is -0.395 e. The van der Waals surface area contributed by atoms with Crippen molar-refractivity contribution in [2.75, 3.05) is 25.1 Å². The van der Waals surface area contributed by atoms with Gasteiger partial charge in [-0.05, 0) is 12.1 Å². The molecule has 4 heteroatoms. The van der Waals surface area contributed by atoms with Crippen LogP contribution in [0.15, 0.2) is 18.2 Å². The van der Waals surface area contributed by atoms with Crippen LogP contribution in [0, 0.1) is 11.6 Å². The lowest BCUT2D eigenvalue weighted by Crippen LogP contribution is -2.21. The molecule has 0 saturated heterocycles. The van der Waals surface area contributed by atoms with Crippen molar-refractivity contribution in [3.8, 4) is 0 Å². The van der Waals surface area contributed by atoms with Crippen LogP contribution in [0.25, 0.3) is 0 Å². The molecular formula is C9H11F2NO. The Morgan fingerprint density at radius 3 is 2.54 bits per heavy atom. The standard InChI is InChI=1S/C9H11F2NO/c1-12(4-5-13)7-2-3-8(10)9(11)6-7/h2-3,6,13H,4-5H2,1H3. The summed E-state index contributed by atoms with van der Waals surface area (Å²) in [7, 11) is 1.70. The van der Waals surface area contributed by atoms with Crippen LogP contribution in [0.3, 0.4) is 0 Å². The molecule has 2 nitrogen and oxygen atoms in total. The number of nitrogens with zero attached hydrogens (tertiary/aromatic N) is 1. The van der Waals surface area contributed by atoms with Gasteiger partial charge in [0.05, 0.1) is 6.61 Å². The van der Waals surface area contributed by atoms with E-state index in [-0.39, 0.29) is 6.61 Å². The van der Waals surface area contributed by atoms with Gasteiger partial charge in [0.15, 0.2) is 11.6 Å². The van der Waals surface area contributed by atoms with Crippen LogP contribution in [0.4, 0.5) is 14.5 Å². The van der Waals surface area contributed by atoms with Gasteiger partial charge in [0.1, 0.15) is 0 Å². The lowest BCUT2D eigenvalue weighted by atomic mass is 10.3. The summed E-state index contributed by atoms with van der Waals surface area (Å²) in [5, 5.41) is 8.61. The lowest BCUT2D eigenvalue weighted by Gasteiger charge is -2.17. The van der Waals surface area contributed by atoms with E-state index in [1.54, 1.807) is 11.9 Å². The Balaban J connectivity index is 2.84. The summed E-state index contributed by atoms with van der Waals surface area (Å²) in [5.74, 6) is -1.73. The number of benzene rings is 1. The fraction of sp³-hybridized carbons (Fsp3) is 0.333. The first-order valence-corrected chi connectivity index (χ1v) is 3.92. The number of hydrogen-bond donors (Lipinski definition) is 1. The number of halogens is 2. The summed E-state index contributed by atoms with van der Waals surface area (Å²) in [6.07, 6.45) is 0. The molecule has 72 valence electrons. The van der Waals surface area contributed by atoms with Crippen LogP contribution < -0.4 is 4.90 Å². The third kappa shape index (κ3) is 2.39. The van der Waals surface area contributed by atoms with Crippen molar-refractivity contribution >= 4 is 5.69 Å². The summed E-state index contributed by atoms with van der Waals surface area (Å²) in [5.41, 5.74) is 0.549. The Hall–Kier alpha value is -1.16. The van der Waals surface area contributed by atoms with E-state index in [1.807, 2.05) is 0 Å². The monoisotopic (exact) mass is 187 g/mol. The highest BCUT2D eigenvalue weighted by molar-refractivity contribution is 5.45. The lowest BCUT2D eigenvalue weighted by molar-refractivity contribution is 0.304. The van der Waals surface area contributed by atoms with Gasteiger partial charge in [-0.15, -0.1) is 0 Å². The molecule has 0 saturated carbocycles. The van der Waals surface area contributed by atoms with Crippen LogP contribution in [0.1, 0.15) is 0 Å². The largest absolute Gasteiger partial charge is 0.395 e. The second kappa shape index (κ2) is 4.18. The summed E-state index contributed by atoms with van der Waals surface area (Å²) >= 11 is 0. The minimum absolute atomic E-state index is 0.0184. The zero-order valence-electron chi connectivity index (χ0n) is 7.30. The van der Waals surface area contributed by atoms with E-state index in [1.165, 1.54) is 6.07 Å². The summed E-state index contributed by atoms with van der Waals surface area (Å²) in [6, 6.07) is 3.64. The number of rotatable bonds is 3. The number of aliphatic hydroxyl groups is 1. The highest BCUT2D eigenvalue weighted by Crippen LogP contribution is 2.15. The molecule has 0 amide bonds. The van der Waals surface area contributed by atoms with Crippen molar-refractivity contribution in [2.24, 2.45) is 0 Å². The molecular weight excluding hydrogens is 176 g/mol. The molecule has 0 heterocycles. The van der Waals surface area contributed by atoms with Gasteiger partial charge in [0.25, 0.3) is 0 Å². The zero-order valence-corrected chi connectivity index (χ0v) is 7.30. The first-order valence-electron chi connectivity index (χ1n) is 3.92. The van der Waals surface area contributed by atoms with Crippen LogP contribution >= 0.6 is 0 Å². The molecule has 13 heavy (non-hydrogen) atoms. The maximum Gasteiger partial charge on any atom is 0.160 e. The molecule has 0 spiro atoms. The number of hydrogen-bond acceptors (Lipinski definition) is 2. The van der Waals surface area contributed by atoms with Crippen molar-refractivity contribution < 1.29 is 13.9 Å². The normalized spacial score (nSPS) is 10.2. The Morgan fingerprint density at radius 1 is 1.31 bits per heavy atom. The fourth-order valence-corrected chi connectivity index (χ4v) is 1.00. The predicted molar refractivity (Wildman–Crippen MR) is 46.7 cm³/mol. The van der Waals surface area contributed by atoms with E-state index in [0.29, 0.717) is 12.2 Å². The van der Waals surface area contributed by atoms with Gasteiger partial charge in [0.2, 0.25) is 0 Å². The first kappa shape index (κ1) is 9.92. The predicted octanol–water partition coefficient (Wildman–Crippen LogP) is 1.39. The summed E-state index contributed by atoms with van der Waals surface area (Å²) < 4.78 is 25.2. The molecule has 0 fully saturated rings. The van der Waals surface area contributed by atoms with Gasteiger partial charge in [-0.25, -0.2) is 8.78 Å². The molecule has 1 rings (SSSR count). The smallest absolute Gasteiger partial charge is 0.160 e. The Morgan fingerprint density at radius 2 is 2.00 bits per heavy atom. The molecule has 0 aliphatic rings. The molecule has 0 aromatic heterocycles. The molecule has 0 bridgehead atoms. The molecule has 1 N–H and O–H groups in total. The summed E-state index contributed by atoms with van der Waals surface area (Å²) in [6.45, 7) is 0.376. The van der Waals surface area contributed by atoms with Gasteiger partial charge >= 0.3 is 0 Å². The molecule has 0 atom stereocenters. The molecule has 0 radical (unpaired) electrons. The number of likely N-dealkylation sites (N-methyl/N-ethyl adjacent to an activating group) is 1. The fourth-order valence-electron chi connectivity index (χ4n) is 1.00. The number of anilines is 1. The Labute approximate surface area is 75.4 Å². The number of aliphatic hydroxyl groups excluding tert-OH is 1. The van der Waals surface area contributed by atoms with Crippen molar-refractivity contribution in [1.29, 1.82) is 0 Å². The Kier molecular flexibility index (Phi) is 3.19. The maximum atomic E-state index is 12.7. The third-order valence-corrected chi connectivity index (χ3v) is 1.78. The average Bonchev–Trinajstić information content (AvgIpc) is 2.10. The topological polar surface area (TPSA) is 23.5 Å². The highest BCUT2D eigenvalue weighted by Gasteiger charge is 2.05. The SMILES string of the molecule is CN(CCO)c1ccc(F)c(F)c1. The van der Waals surface area contributed by atoms with Crippen molar-refractivity contribution in [1.82, 2.24) is 0 Å². The van der Waals surface area contributed by atoms with Crippen molar-refractivity contribution in [3.05, 3.63) is 29.8 Å². The van der Waals surface area contributed by atoms with E-state index >= 15 is 0 Å². The van der Waals surface area contributed by atoms with Crippen LogP contribution in [-0.4, -0.2) is 25.3 Å². The molecule has 0 unspecified atom stereocenters. The van der Waals surface area contributed by atoms with E-state index in [4.69, 9.17) is 5.11 Å². The van der Waals surface area contributed by atoms with Gasteiger partial charge in [-0.2, -0.15) is 0 Å². The van der Waals surface area contributed by atoms with E-state index in [9.17, 15) is 8.78 Å². The molecule has 0 aliphatic carbocycles. The van der Waals surface area contributed by atoms with Gasteiger partial charge in [0, 0.05) is 25.3 Å². The second-order valence-corrected chi connectivity index (χ2v) is 2.74. The zero-order chi connectivity index (χ0) is 9.84. The van der Waals surface area contributed by atoms with Crippen LogP contribution in [0.2, 0.25) is 0 Å².